The summed E-state index contributed by atoms with van der Waals surface area (Å²) >= 11 is 0. The van der Waals surface area contributed by atoms with Crippen LogP contribution in [0.25, 0.3) is 28.2 Å². The first-order valence-corrected chi connectivity index (χ1v) is 13.8. The highest BCUT2D eigenvalue weighted by atomic mass is 16.5. The number of likely N-dealkylation sites (tertiary alicyclic amines) is 1. The van der Waals surface area contributed by atoms with Crippen molar-refractivity contribution in [2.24, 2.45) is 0 Å². The van der Waals surface area contributed by atoms with Gasteiger partial charge in [-0.05, 0) is 86.8 Å². The Hall–Kier alpha value is -4.61. The first-order chi connectivity index (χ1) is 19.9. The number of amides is 1. The van der Waals surface area contributed by atoms with E-state index in [1.807, 2.05) is 31.3 Å². The smallest absolute Gasteiger partial charge is 0.262 e. The fourth-order valence-corrected chi connectivity index (χ4v) is 5.37. The van der Waals surface area contributed by atoms with Gasteiger partial charge in [-0.2, -0.15) is 5.26 Å². The van der Waals surface area contributed by atoms with Crippen LogP contribution in [0.1, 0.15) is 48.4 Å². The SMILES string of the molecule is COc1ccc([C@@H](C)NC(=O)/C(C#N)=C/c2c[nH]c3ncc(-c4ccc(C5CCN(C)CC5)cc4)cc23)cc1OC. The summed E-state index contributed by atoms with van der Waals surface area (Å²) in [7, 11) is 5.32. The first-order valence-electron chi connectivity index (χ1n) is 13.8. The summed E-state index contributed by atoms with van der Waals surface area (Å²) in [5.74, 6) is 1.32. The Morgan fingerprint density at radius 2 is 1.83 bits per heavy atom. The van der Waals surface area contributed by atoms with E-state index in [2.05, 4.69) is 57.6 Å². The molecule has 8 nitrogen and oxygen atoms in total. The van der Waals surface area contributed by atoms with E-state index in [9.17, 15) is 10.1 Å². The van der Waals surface area contributed by atoms with Crippen LogP contribution in [0.15, 0.2) is 66.5 Å². The van der Waals surface area contributed by atoms with Gasteiger partial charge >= 0.3 is 0 Å². The standard InChI is InChI=1S/C33H35N5O3/c1-21(25-9-10-30(40-3)31(17-25)41-4)37-33(39)26(18-34)15-28-20-36-32-29(28)16-27(19-35-32)23-7-5-22(6-8-23)24-11-13-38(2)14-12-24/h5-10,15-17,19-21,24H,11-14H2,1-4H3,(H,35,36)(H,37,39)/b26-15+/t21-/m1/s1. The van der Waals surface area contributed by atoms with Gasteiger partial charge in [0.2, 0.25) is 0 Å². The van der Waals surface area contributed by atoms with Crippen molar-refractivity contribution in [3.63, 3.8) is 0 Å². The minimum Gasteiger partial charge on any atom is -0.493 e. The zero-order valence-corrected chi connectivity index (χ0v) is 23.9. The maximum absolute atomic E-state index is 13.1. The number of methoxy groups -OCH3 is 2. The largest absolute Gasteiger partial charge is 0.493 e. The summed E-state index contributed by atoms with van der Waals surface area (Å²) in [5.41, 5.74) is 5.69. The van der Waals surface area contributed by atoms with E-state index >= 15 is 0 Å². The van der Waals surface area contributed by atoms with E-state index in [4.69, 9.17) is 9.47 Å². The average Bonchev–Trinajstić information content (AvgIpc) is 3.41. The number of carbonyl (C=O) groups is 1. The molecule has 1 aliphatic heterocycles. The molecule has 0 bridgehead atoms. The molecule has 2 N–H and O–H groups in total. The van der Waals surface area contributed by atoms with Crippen LogP contribution < -0.4 is 14.8 Å². The van der Waals surface area contributed by atoms with Crippen molar-refractivity contribution < 1.29 is 14.3 Å². The Kier molecular flexibility index (Phi) is 8.37. The number of ether oxygens (including phenoxy) is 2. The van der Waals surface area contributed by atoms with Crippen molar-refractivity contribution in [3.8, 4) is 28.7 Å². The van der Waals surface area contributed by atoms with Gasteiger partial charge in [-0.3, -0.25) is 4.79 Å². The van der Waals surface area contributed by atoms with Crippen LogP contribution in [0.4, 0.5) is 0 Å². The molecule has 1 atom stereocenters. The lowest BCUT2D eigenvalue weighted by atomic mass is 9.89. The lowest BCUT2D eigenvalue weighted by Crippen LogP contribution is -2.29. The van der Waals surface area contributed by atoms with Crippen molar-refractivity contribution in [1.29, 1.82) is 5.26 Å². The molecule has 4 aromatic rings. The lowest BCUT2D eigenvalue weighted by molar-refractivity contribution is -0.117. The number of benzene rings is 2. The molecule has 8 heteroatoms. The van der Waals surface area contributed by atoms with Gasteiger partial charge in [-0.1, -0.05) is 30.3 Å². The number of rotatable bonds is 8. The average molecular weight is 550 g/mol. The van der Waals surface area contributed by atoms with Gasteiger partial charge < -0.3 is 24.7 Å². The Morgan fingerprint density at radius 3 is 2.51 bits per heavy atom. The number of piperidine rings is 1. The molecule has 1 aliphatic rings. The van der Waals surface area contributed by atoms with Gasteiger partial charge in [0, 0.05) is 28.9 Å². The third-order valence-corrected chi connectivity index (χ3v) is 7.92. The number of H-pyrrole nitrogens is 1. The van der Waals surface area contributed by atoms with Crippen LogP contribution in [0, 0.1) is 11.3 Å². The Balaban J connectivity index is 1.35. The lowest BCUT2D eigenvalue weighted by Gasteiger charge is -2.29. The molecule has 0 unspecified atom stereocenters. The molecule has 3 heterocycles. The second-order valence-corrected chi connectivity index (χ2v) is 10.5. The summed E-state index contributed by atoms with van der Waals surface area (Å²) in [6.45, 7) is 4.12. The number of nitrogens with zero attached hydrogens (tertiary/aromatic N) is 3. The minimum absolute atomic E-state index is 0.00566. The molecule has 0 saturated carbocycles. The Bertz CT molecular complexity index is 1610. The number of aromatic amines is 1. The third-order valence-electron chi connectivity index (χ3n) is 7.92. The van der Waals surface area contributed by atoms with Crippen molar-refractivity contribution in [2.75, 3.05) is 34.4 Å². The van der Waals surface area contributed by atoms with Crippen LogP contribution in [-0.2, 0) is 4.79 Å². The number of fused-ring (bicyclic) bond motifs is 1. The van der Waals surface area contributed by atoms with Gasteiger partial charge in [0.15, 0.2) is 11.5 Å². The van der Waals surface area contributed by atoms with Crippen LogP contribution in [0.5, 0.6) is 11.5 Å². The van der Waals surface area contributed by atoms with E-state index < -0.39 is 5.91 Å². The maximum atomic E-state index is 13.1. The second-order valence-electron chi connectivity index (χ2n) is 10.5. The van der Waals surface area contributed by atoms with Crippen molar-refractivity contribution in [1.82, 2.24) is 20.2 Å². The number of hydrogen-bond donors (Lipinski definition) is 2. The molecule has 2 aromatic heterocycles. The van der Waals surface area contributed by atoms with Crippen molar-refractivity contribution in [2.45, 2.75) is 31.7 Å². The number of pyridine rings is 1. The van der Waals surface area contributed by atoms with Crippen LogP contribution in [0.2, 0.25) is 0 Å². The fraction of sp³-hybridized carbons (Fsp3) is 0.303. The van der Waals surface area contributed by atoms with Crippen molar-refractivity contribution in [3.05, 3.63) is 83.2 Å². The molecular weight excluding hydrogens is 514 g/mol. The van der Waals surface area contributed by atoms with Crippen LogP contribution >= 0.6 is 0 Å². The summed E-state index contributed by atoms with van der Waals surface area (Å²) in [6.07, 6.45) is 7.59. The zero-order chi connectivity index (χ0) is 28.9. The van der Waals surface area contributed by atoms with Gasteiger partial charge in [0.05, 0.1) is 20.3 Å². The molecule has 1 saturated heterocycles. The minimum atomic E-state index is -0.460. The third kappa shape index (κ3) is 6.11. The monoisotopic (exact) mass is 549 g/mol. The number of carbonyl (C=O) groups excluding carboxylic acids is 1. The highest BCUT2D eigenvalue weighted by Gasteiger charge is 2.19. The second kappa shape index (κ2) is 12.3. The van der Waals surface area contributed by atoms with Crippen molar-refractivity contribution >= 4 is 23.0 Å². The highest BCUT2D eigenvalue weighted by molar-refractivity contribution is 6.04. The molecule has 0 spiro atoms. The molecule has 41 heavy (non-hydrogen) atoms. The summed E-state index contributed by atoms with van der Waals surface area (Å²) < 4.78 is 10.7. The van der Waals surface area contributed by atoms with E-state index in [1.165, 1.54) is 18.4 Å². The fourth-order valence-electron chi connectivity index (χ4n) is 5.37. The van der Waals surface area contributed by atoms with Crippen LogP contribution in [0.3, 0.4) is 0 Å². The topological polar surface area (TPSA) is 103 Å². The van der Waals surface area contributed by atoms with Crippen LogP contribution in [-0.4, -0.2) is 55.1 Å². The normalized spacial score (nSPS) is 15.3. The quantitative estimate of drug-likeness (QED) is 0.211. The van der Waals surface area contributed by atoms with Gasteiger partial charge in [0.1, 0.15) is 17.3 Å². The first kappa shape index (κ1) is 27.9. The van der Waals surface area contributed by atoms with Gasteiger partial charge in [-0.15, -0.1) is 0 Å². The zero-order valence-electron chi connectivity index (χ0n) is 23.9. The number of nitrogens with one attached hydrogen (secondary N) is 2. The van der Waals surface area contributed by atoms with Gasteiger partial charge in [-0.25, -0.2) is 4.98 Å². The Morgan fingerprint density at radius 1 is 1.10 bits per heavy atom. The van der Waals surface area contributed by atoms with E-state index in [0.717, 1.165) is 40.7 Å². The predicted molar refractivity (Wildman–Crippen MR) is 161 cm³/mol. The molecule has 210 valence electrons. The number of nitriles is 1. The molecule has 0 aliphatic carbocycles. The number of aromatic nitrogens is 2. The molecule has 0 radical (unpaired) electrons. The summed E-state index contributed by atoms with van der Waals surface area (Å²) in [4.78, 5) is 23.2. The highest BCUT2D eigenvalue weighted by Crippen LogP contribution is 2.32. The molecule has 5 rings (SSSR count). The van der Waals surface area contributed by atoms with E-state index in [1.54, 1.807) is 32.6 Å². The maximum Gasteiger partial charge on any atom is 0.262 e. The molecule has 2 aromatic carbocycles. The molecule has 1 fully saturated rings. The molecular formula is C33H35N5O3. The Labute approximate surface area is 240 Å². The van der Waals surface area contributed by atoms with E-state index in [-0.39, 0.29) is 11.6 Å². The van der Waals surface area contributed by atoms with Gasteiger partial charge in [0.25, 0.3) is 5.91 Å². The summed E-state index contributed by atoms with van der Waals surface area (Å²) in [5, 5.41) is 13.6. The number of hydrogen-bond acceptors (Lipinski definition) is 6. The van der Waals surface area contributed by atoms with E-state index in [0.29, 0.717) is 23.1 Å². The molecule has 1 amide bonds. The predicted octanol–water partition coefficient (Wildman–Crippen LogP) is 5.84. The summed E-state index contributed by atoms with van der Waals surface area (Å²) in [6, 6.07) is 18.0.